The lowest BCUT2D eigenvalue weighted by Crippen LogP contribution is -2.11. The number of anilines is 1. The highest BCUT2D eigenvalue weighted by Crippen LogP contribution is 2.38. The van der Waals surface area contributed by atoms with Crippen molar-refractivity contribution in [2.75, 3.05) is 5.32 Å². The number of hydrogen-bond donors (Lipinski definition) is 2. The first-order chi connectivity index (χ1) is 14.0. The minimum atomic E-state index is -1.13. The predicted octanol–water partition coefficient (Wildman–Crippen LogP) is 3.63. The summed E-state index contributed by atoms with van der Waals surface area (Å²) < 4.78 is 16.2. The van der Waals surface area contributed by atoms with Gasteiger partial charge in [-0.3, -0.25) is 4.79 Å². The Hall–Kier alpha value is -3.62. The summed E-state index contributed by atoms with van der Waals surface area (Å²) in [5.41, 5.74) is 0.511. The van der Waals surface area contributed by atoms with E-state index in [0.29, 0.717) is 35.5 Å². The van der Waals surface area contributed by atoms with Gasteiger partial charge in [-0.1, -0.05) is 12.1 Å². The van der Waals surface area contributed by atoms with Crippen LogP contribution in [0.15, 0.2) is 39.3 Å². The maximum absolute atomic E-state index is 12.3. The van der Waals surface area contributed by atoms with Crippen molar-refractivity contribution in [1.29, 1.82) is 0 Å². The molecule has 1 fully saturated rings. The number of nitrogens with one attached hydrogen (secondary N) is 1. The first-order valence-electron chi connectivity index (χ1n) is 9.26. The number of amides is 1. The fourth-order valence-corrected chi connectivity index (χ4v) is 2.78. The molecule has 9 heteroatoms. The monoisotopic (exact) mass is 397 g/mol. The molecule has 1 amide bonds. The molecule has 150 valence electrons. The average Bonchev–Trinajstić information content (AvgIpc) is 3.29. The van der Waals surface area contributed by atoms with Gasteiger partial charge in [0, 0.05) is 24.1 Å². The molecule has 1 aromatic carbocycles. The number of furan rings is 1. The van der Waals surface area contributed by atoms with E-state index >= 15 is 0 Å². The predicted molar refractivity (Wildman–Crippen MR) is 100 cm³/mol. The van der Waals surface area contributed by atoms with Crippen LogP contribution in [0.25, 0.3) is 0 Å². The number of aromatic carboxylic acids is 1. The van der Waals surface area contributed by atoms with Crippen LogP contribution in [0, 0.1) is 0 Å². The number of rotatable bonds is 8. The van der Waals surface area contributed by atoms with Crippen molar-refractivity contribution >= 4 is 17.6 Å². The lowest BCUT2D eigenvalue weighted by Gasteiger charge is -2.06. The van der Waals surface area contributed by atoms with E-state index < -0.39 is 11.9 Å². The number of aryl methyl sites for hydroxylation is 1. The van der Waals surface area contributed by atoms with E-state index in [1.807, 2.05) is 0 Å². The smallest absolute Gasteiger partial charge is 0.339 e. The van der Waals surface area contributed by atoms with Crippen molar-refractivity contribution < 1.29 is 28.4 Å². The third kappa shape index (κ3) is 4.29. The van der Waals surface area contributed by atoms with Crippen LogP contribution in [-0.4, -0.2) is 27.1 Å². The van der Waals surface area contributed by atoms with Gasteiger partial charge in [0.25, 0.3) is 5.91 Å². The van der Waals surface area contributed by atoms with E-state index in [4.69, 9.17) is 18.8 Å². The second-order valence-electron chi connectivity index (χ2n) is 6.70. The molecule has 2 heterocycles. The molecule has 1 aliphatic rings. The van der Waals surface area contributed by atoms with E-state index in [1.54, 1.807) is 31.2 Å². The van der Waals surface area contributed by atoms with E-state index in [0.717, 1.165) is 12.8 Å². The molecule has 3 aromatic rings. The minimum Gasteiger partial charge on any atom is -0.485 e. The summed E-state index contributed by atoms with van der Waals surface area (Å²) in [7, 11) is 0. The van der Waals surface area contributed by atoms with Gasteiger partial charge in [0.1, 0.15) is 17.1 Å². The first kappa shape index (κ1) is 18.7. The maximum Gasteiger partial charge on any atom is 0.339 e. The summed E-state index contributed by atoms with van der Waals surface area (Å²) in [5.74, 6) is 0.687. The average molecular weight is 397 g/mol. The number of carbonyl (C=O) groups excluding carboxylic acids is 1. The quantitative estimate of drug-likeness (QED) is 0.590. The first-order valence-corrected chi connectivity index (χ1v) is 9.26. The SMILES string of the molecule is CCc1oc(C(=O)Nc2ccc(OCc3noc(C4CC4)n3)cc2)cc1C(=O)O. The van der Waals surface area contributed by atoms with Crippen LogP contribution in [0.4, 0.5) is 5.69 Å². The topological polar surface area (TPSA) is 128 Å². The summed E-state index contributed by atoms with van der Waals surface area (Å²) >= 11 is 0. The molecule has 1 aliphatic carbocycles. The fourth-order valence-electron chi connectivity index (χ4n) is 2.78. The molecule has 2 aromatic heterocycles. The van der Waals surface area contributed by atoms with Gasteiger partial charge in [-0.25, -0.2) is 4.79 Å². The largest absolute Gasteiger partial charge is 0.485 e. The molecule has 29 heavy (non-hydrogen) atoms. The summed E-state index contributed by atoms with van der Waals surface area (Å²) in [4.78, 5) is 27.8. The number of ether oxygens (including phenoxy) is 1. The Morgan fingerprint density at radius 3 is 2.66 bits per heavy atom. The lowest BCUT2D eigenvalue weighted by atomic mass is 10.2. The number of nitrogens with zero attached hydrogens (tertiary/aromatic N) is 2. The molecule has 2 N–H and O–H groups in total. The van der Waals surface area contributed by atoms with Crippen LogP contribution in [0.2, 0.25) is 0 Å². The standard InChI is InChI=1S/C20H19N3O6/c1-2-15-14(20(25)26)9-16(28-15)18(24)21-12-5-7-13(8-6-12)27-10-17-22-19(29-23-17)11-3-4-11/h5-9,11H,2-4,10H2,1H3,(H,21,24)(H,25,26). The Balaban J connectivity index is 1.35. The Morgan fingerprint density at radius 1 is 1.28 bits per heavy atom. The van der Waals surface area contributed by atoms with E-state index in [9.17, 15) is 9.59 Å². The van der Waals surface area contributed by atoms with Gasteiger partial charge in [-0.2, -0.15) is 4.98 Å². The zero-order chi connectivity index (χ0) is 20.4. The second kappa shape index (κ2) is 7.78. The Labute approximate surface area is 165 Å². The number of carboxylic acids is 1. The normalized spacial score (nSPS) is 13.3. The van der Waals surface area contributed by atoms with E-state index in [-0.39, 0.29) is 23.7 Å². The zero-order valence-electron chi connectivity index (χ0n) is 15.7. The lowest BCUT2D eigenvalue weighted by molar-refractivity contribution is 0.0694. The highest BCUT2D eigenvalue weighted by Gasteiger charge is 2.29. The van der Waals surface area contributed by atoms with E-state index in [2.05, 4.69) is 15.5 Å². The van der Waals surface area contributed by atoms with Crippen LogP contribution < -0.4 is 10.1 Å². The molecular weight excluding hydrogens is 378 g/mol. The molecular formula is C20H19N3O6. The molecule has 0 atom stereocenters. The van der Waals surface area contributed by atoms with Crippen molar-refractivity contribution in [3.8, 4) is 5.75 Å². The van der Waals surface area contributed by atoms with Gasteiger partial charge in [0.05, 0.1) is 0 Å². The van der Waals surface area contributed by atoms with Gasteiger partial charge in [-0.05, 0) is 37.1 Å². The summed E-state index contributed by atoms with van der Waals surface area (Å²) in [6.45, 7) is 1.94. The van der Waals surface area contributed by atoms with Crippen LogP contribution >= 0.6 is 0 Å². The molecule has 0 radical (unpaired) electrons. The van der Waals surface area contributed by atoms with Crippen molar-refractivity contribution in [3.63, 3.8) is 0 Å². The zero-order valence-corrected chi connectivity index (χ0v) is 15.7. The highest BCUT2D eigenvalue weighted by atomic mass is 16.5. The molecule has 0 saturated heterocycles. The van der Waals surface area contributed by atoms with Crippen molar-refractivity contribution in [3.05, 3.63) is 59.1 Å². The summed E-state index contributed by atoms with van der Waals surface area (Å²) in [6.07, 6.45) is 2.56. The van der Waals surface area contributed by atoms with Crippen molar-refractivity contribution in [2.24, 2.45) is 0 Å². The minimum absolute atomic E-state index is 0.00675. The molecule has 4 rings (SSSR count). The Morgan fingerprint density at radius 2 is 2.03 bits per heavy atom. The fraction of sp³-hybridized carbons (Fsp3) is 0.300. The van der Waals surface area contributed by atoms with Crippen LogP contribution in [0.1, 0.15) is 64.1 Å². The van der Waals surface area contributed by atoms with Gasteiger partial charge in [0.15, 0.2) is 12.4 Å². The van der Waals surface area contributed by atoms with E-state index in [1.165, 1.54) is 6.07 Å². The third-order valence-corrected chi connectivity index (χ3v) is 4.47. The Bertz CT molecular complexity index is 1030. The molecule has 0 unspecified atom stereocenters. The van der Waals surface area contributed by atoms with Crippen molar-refractivity contribution in [2.45, 2.75) is 38.7 Å². The van der Waals surface area contributed by atoms with Gasteiger partial charge >= 0.3 is 5.97 Å². The number of carbonyl (C=O) groups is 2. The second-order valence-corrected chi connectivity index (χ2v) is 6.70. The van der Waals surface area contributed by atoms with Gasteiger partial charge < -0.3 is 24.1 Å². The van der Waals surface area contributed by atoms with Gasteiger partial charge in [-0.15, -0.1) is 0 Å². The van der Waals surface area contributed by atoms with Crippen molar-refractivity contribution in [1.82, 2.24) is 10.1 Å². The number of hydrogen-bond acceptors (Lipinski definition) is 7. The molecule has 9 nitrogen and oxygen atoms in total. The summed E-state index contributed by atoms with van der Waals surface area (Å²) in [5, 5.41) is 15.7. The Kier molecular flexibility index (Phi) is 5.03. The third-order valence-electron chi connectivity index (χ3n) is 4.47. The highest BCUT2D eigenvalue weighted by molar-refractivity contribution is 6.04. The molecule has 0 bridgehead atoms. The van der Waals surface area contributed by atoms with Crippen LogP contribution in [-0.2, 0) is 13.0 Å². The molecule has 0 spiro atoms. The van der Waals surface area contributed by atoms with Gasteiger partial charge in [0.2, 0.25) is 11.7 Å². The maximum atomic E-state index is 12.3. The van der Waals surface area contributed by atoms with Crippen LogP contribution in [0.3, 0.4) is 0 Å². The summed E-state index contributed by atoms with van der Waals surface area (Å²) in [6, 6.07) is 7.95. The number of carboxylic acid groups (broad SMARTS) is 1. The molecule has 0 aliphatic heterocycles. The van der Waals surface area contributed by atoms with Crippen LogP contribution in [0.5, 0.6) is 5.75 Å². The number of benzene rings is 1. The number of aromatic nitrogens is 2. The molecule has 1 saturated carbocycles.